The first-order chi connectivity index (χ1) is 23.2. The van der Waals surface area contributed by atoms with Crippen LogP contribution in [0.3, 0.4) is 0 Å². The minimum Gasteiger partial charge on any atom is -0.508 e. The standard InChI is InChI=1S/C37H44FN5O5/c1-4-27-30(38)9-6-22-14-26(44)15-28(34(22)27)31-16-29-32(48-31)17-33(40-35(29)42-18-23-7-8-24(19-42)39-23)47-21-37-11-5-13-43(37)25(10-12-37)20-46-36(45)41(2)3/h6,9,14-17,23-25,39,44H,4-5,7-8,10-13,18-21H2,1-3H3/t23?,24?,25-,37-/m1/s1. The molecule has 4 aromatic rings. The molecule has 8 rings (SSSR count). The molecular weight excluding hydrogens is 613 g/mol. The van der Waals surface area contributed by atoms with Crippen LogP contribution in [-0.2, 0) is 11.2 Å². The van der Waals surface area contributed by atoms with E-state index in [1.54, 1.807) is 32.3 Å². The lowest BCUT2D eigenvalue weighted by Crippen LogP contribution is -2.51. The van der Waals surface area contributed by atoms with Gasteiger partial charge in [-0.25, -0.2) is 9.18 Å². The molecule has 10 nitrogen and oxygen atoms in total. The Morgan fingerprint density at radius 1 is 1.15 bits per heavy atom. The van der Waals surface area contributed by atoms with Crippen molar-refractivity contribution in [2.24, 2.45) is 0 Å². The number of benzene rings is 2. The average molecular weight is 658 g/mol. The number of nitrogens with zero attached hydrogens (tertiary/aromatic N) is 4. The first-order valence-electron chi connectivity index (χ1n) is 17.3. The molecule has 2 aromatic heterocycles. The second-order valence-electron chi connectivity index (χ2n) is 14.3. The lowest BCUT2D eigenvalue weighted by molar-refractivity contribution is 0.0494. The third kappa shape index (κ3) is 5.41. The van der Waals surface area contributed by atoms with Crippen molar-refractivity contribution in [2.45, 2.75) is 75.5 Å². The van der Waals surface area contributed by atoms with Gasteiger partial charge >= 0.3 is 6.09 Å². The van der Waals surface area contributed by atoms with E-state index in [0.717, 1.165) is 80.1 Å². The van der Waals surface area contributed by atoms with E-state index in [0.29, 0.717) is 60.1 Å². The van der Waals surface area contributed by atoms with Crippen LogP contribution in [0.5, 0.6) is 11.6 Å². The highest BCUT2D eigenvalue weighted by molar-refractivity contribution is 6.02. The number of furan rings is 1. The van der Waals surface area contributed by atoms with Crippen LogP contribution >= 0.6 is 0 Å². The zero-order valence-electron chi connectivity index (χ0n) is 27.9. The van der Waals surface area contributed by atoms with Crippen molar-refractivity contribution in [3.63, 3.8) is 0 Å². The summed E-state index contributed by atoms with van der Waals surface area (Å²) >= 11 is 0. The molecule has 0 spiro atoms. The molecule has 4 aliphatic heterocycles. The van der Waals surface area contributed by atoms with Gasteiger partial charge in [0.05, 0.1) is 10.9 Å². The molecule has 4 aliphatic rings. The summed E-state index contributed by atoms with van der Waals surface area (Å²) in [5.41, 5.74) is 1.76. The SMILES string of the molecule is CCc1c(F)ccc2cc(O)cc(-c3cc4c(N5CC6CCC(C5)N6)nc(OC[C@]56CCCN5[C@@H](COC(=O)N(C)C)CC6)cc4o3)c12. The molecule has 2 N–H and O–H groups in total. The van der Waals surface area contributed by atoms with Crippen molar-refractivity contribution in [1.82, 2.24) is 20.1 Å². The van der Waals surface area contributed by atoms with Crippen LogP contribution < -0.4 is 15.0 Å². The maximum atomic E-state index is 15.0. The molecule has 1 amide bonds. The number of fused-ring (bicyclic) bond motifs is 5. The number of carbonyl (C=O) groups excluding carboxylic acids is 1. The highest BCUT2D eigenvalue weighted by atomic mass is 19.1. The highest BCUT2D eigenvalue weighted by Gasteiger charge is 2.50. The normalized spacial score (nSPS) is 25.2. The number of aromatic hydroxyl groups is 1. The molecule has 0 aliphatic carbocycles. The van der Waals surface area contributed by atoms with Crippen molar-refractivity contribution in [1.29, 1.82) is 0 Å². The topological polar surface area (TPSA) is 104 Å². The monoisotopic (exact) mass is 657 g/mol. The number of halogens is 1. The minimum atomic E-state index is -0.318. The molecule has 2 bridgehead atoms. The van der Waals surface area contributed by atoms with Gasteiger partial charge in [-0.15, -0.1) is 0 Å². The van der Waals surface area contributed by atoms with Crippen molar-refractivity contribution in [3.05, 3.63) is 47.8 Å². The highest BCUT2D eigenvalue weighted by Crippen LogP contribution is 2.44. The predicted octanol–water partition coefficient (Wildman–Crippen LogP) is 6.07. The molecule has 11 heteroatoms. The summed E-state index contributed by atoms with van der Waals surface area (Å²) < 4.78 is 33.8. The van der Waals surface area contributed by atoms with Gasteiger partial charge in [-0.05, 0) is 92.1 Å². The van der Waals surface area contributed by atoms with Crippen LogP contribution in [0.15, 0.2) is 40.8 Å². The number of ether oxygens (including phenoxy) is 2. The first kappa shape index (κ1) is 31.2. The number of nitrogens with one attached hydrogen (secondary N) is 1. The third-order valence-electron chi connectivity index (χ3n) is 11.0. The molecule has 4 atom stereocenters. The second kappa shape index (κ2) is 12.1. The lowest BCUT2D eigenvalue weighted by atomic mass is 9.95. The summed E-state index contributed by atoms with van der Waals surface area (Å²) in [4.78, 5) is 23.5. The van der Waals surface area contributed by atoms with Crippen molar-refractivity contribution in [3.8, 4) is 23.0 Å². The number of rotatable bonds is 8. The number of piperazine rings is 1. The number of amides is 1. The van der Waals surface area contributed by atoms with Crippen LogP contribution in [0.4, 0.5) is 15.0 Å². The lowest BCUT2D eigenvalue weighted by Gasteiger charge is -2.35. The molecule has 0 radical (unpaired) electrons. The van der Waals surface area contributed by atoms with Gasteiger partial charge in [-0.3, -0.25) is 4.90 Å². The molecule has 4 fully saturated rings. The molecule has 0 saturated carbocycles. The predicted molar refractivity (Wildman–Crippen MR) is 182 cm³/mol. The van der Waals surface area contributed by atoms with Crippen molar-refractivity contribution < 1.29 is 28.2 Å². The fraction of sp³-hybridized carbons (Fsp3) is 0.514. The van der Waals surface area contributed by atoms with E-state index in [1.807, 2.05) is 19.1 Å². The fourth-order valence-electron chi connectivity index (χ4n) is 8.75. The number of aryl methyl sites for hydroxylation is 1. The van der Waals surface area contributed by atoms with Gasteiger partial charge in [-0.2, -0.15) is 4.98 Å². The quantitative estimate of drug-likeness (QED) is 0.234. The van der Waals surface area contributed by atoms with E-state index in [1.165, 1.54) is 11.0 Å². The second-order valence-corrected chi connectivity index (χ2v) is 14.3. The summed E-state index contributed by atoms with van der Waals surface area (Å²) in [7, 11) is 3.40. The summed E-state index contributed by atoms with van der Waals surface area (Å²) in [5.74, 6) is 1.71. The van der Waals surface area contributed by atoms with Gasteiger partial charge in [-0.1, -0.05) is 13.0 Å². The number of hydrogen-bond donors (Lipinski definition) is 2. The molecule has 6 heterocycles. The number of phenols is 1. The molecule has 48 heavy (non-hydrogen) atoms. The Hall–Kier alpha value is -4.09. The molecular formula is C37H44FN5O5. The minimum absolute atomic E-state index is 0.0967. The Bertz CT molecular complexity index is 1870. The Morgan fingerprint density at radius 3 is 2.73 bits per heavy atom. The van der Waals surface area contributed by atoms with E-state index < -0.39 is 0 Å². The third-order valence-corrected chi connectivity index (χ3v) is 11.0. The van der Waals surface area contributed by atoms with Gasteiger partial charge in [0.25, 0.3) is 0 Å². The van der Waals surface area contributed by atoms with E-state index in [2.05, 4.69) is 15.1 Å². The zero-order chi connectivity index (χ0) is 33.2. The van der Waals surface area contributed by atoms with Crippen LogP contribution in [0, 0.1) is 5.82 Å². The van der Waals surface area contributed by atoms with Gasteiger partial charge in [0.1, 0.15) is 41.9 Å². The summed E-state index contributed by atoms with van der Waals surface area (Å²) in [6, 6.07) is 11.3. The number of carbonyl (C=O) groups is 1. The van der Waals surface area contributed by atoms with E-state index in [4.69, 9.17) is 18.9 Å². The van der Waals surface area contributed by atoms with Crippen LogP contribution in [0.2, 0.25) is 0 Å². The fourth-order valence-corrected chi connectivity index (χ4v) is 8.75. The van der Waals surface area contributed by atoms with Gasteiger partial charge in [0.15, 0.2) is 0 Å². The zero-order valence-corrected chi connectivity index (χ0v) is 27.9. The van der Waals surface area contributed by atoms with E-state index >= 15 is 4.39 Å². The summed E-state index contributed by atoms with van der Waals surface area (Å²) in [5, 5.41) is 16.8. The van der Waals surface area contributed by atoms with Gasteiger partial charge in [0.2, 0.25) is 5.88 Å². The Balaban J connectivity index is 1.15. The molecule has 4 saturated heterocycles. The number of hydrogen-bond acceptors (Lipinski definition) is 9. The number of phenolic OH excluding ortho intramolecular Hbond substituents is 1. The number of anilines is 1. The summed E-state index contributed by atoms with van der Waals surface area (Å²) in [6.45, 7) is 5.43. The molecule has 2 aromatic carbocycles. The molecule has 2 unspecified atom stereocenters. The maximum absolute atomic E-state index is 15.0. The average Bonchev–Trinajstić information content (AvgIpc) is 3.85. The Kier molecular flexibility index (Phi) is 7.87. The first-order valence-corrected chi connectivity index (χ1v) is 17.3. The van der Waals surface area contributed by atoms with Crippen molar-refractivity contribution >= 4 is 33.7 Å². The number of pyridine rings is 1. The van der Waals surface area contributed by atoms with E-state index in [9.17, 15) is 9.90 Å². The van der Waals surface area contributed by atoms with Crippen LogP contribution in [0.1, 0.15) is 51.0 Å². The number of aromatic nitrogens is 1. The smallest absolute Gasteiger partial charge is 0.409 e. The Morgan fingerprint density at radius 2 is 1.96 bits per heavy atom. The van der Waals surface area contributed by atoms with E-state index in [-0.39, 0.29) is 29.2 Å². The van der Waals surface area contributed by atoms with Gasteiger partial charge < -0.3 is 34.1 Å². The van der Waals surface area contributed by atoms with Crippen LogP contribution in [0.25, 0.3) is 33.1 Å². The van der Waals surface area contributed by atoms with Crippen LogP contribution in [-0.4, -0.2) is 96.6 Å². The Labute approximate surface area is 279 Å². The van der Waals surface area contributed by atoms with Crippen molar-refractivity contribution in [2.75, 3.05) is 51.8 Å². The molecule has 254 valence electrons. The maximum Gasteiger partial charge on any atom is 0.409 e. The van der Waals surface area contributed by atoms with Gasteiger partial charge in [0, 0.05) is 56.9 Å². The largest absolute Gasteiger partial charge is 0.508 e. The summed E-state index contributed by atoms with van der Waals surface area (Å²) in [6.07, 6.45) is 6.48.